The third kappa shape index (κ3) is 4.87. The highest BCUT2D eigenvalue weighted by molar-refractivity contribution is 7.98. The molecule has 1 aromatic rings. The molecule has 0 heterocycles. The zero-order valence-electron chi connectivity index (χ0n) is 9.75. The fourth-order valence-corrected chi connectivity index (χ4v) is 1.57. The predicted octanol–water partition coefficient (Wildman–Crippen LogP) is 3.85. The highest BCUT2D eigenvalue weighted by Gasteiger charge is 2.29. The van der Waals surface area contributed by atoms with Crippen LogP contribution >= 0.6 is 11.9 Å². The van der Waals surface area contributed by atoms with Gasteiger partial charge in [0.1, 0.15) is 0 Å². The maximum atomic E-state index is 12.3. The van der Waals surface area contributed by atoms with Crippen LogP contribution < -0.4 is 4.72 Å². The topological polar surface area (TPSA) is 38.3 Å². The van der Waals surface area contributed by atoms with Crippen LogP contribution in [0, 0.1) is 0 Å². The maximum absolute atomic E-state index is 12.3. The Morgan fingerprint density at radius 2 is 1.83 bits per heavy atom. The van der Waals surface area contributed by atoms with Gasteiger partial charge in [0.2, 0.25) is 0 Å². The van der Waals surface area contributed by atoms with Crippen LogP contribution in [0.1, 0.15) is 19.4 Å². The number of rotatable bonds is 3. The molecule has 0 saturated heterocycles. The van der Waals surface area contributed by atoms with Crippen LogP contribution in [-0.4, -0.2) is 12.2 Å². The molecule has 0 aliphatic carbocycles. The number of carbonyl (C=O) groups is 1. The summed E-state index contributed by atoms with van der Waals surface area (Å²) in [6.07, 6.45) is -5.24. The average Bonchev–Trinajstić information content (AvgIpc) is 2.25. The molecule has 0 atom stereocenters. The summed E-state index contributed by atoms with van der Waals surface area (Å²) >= 11 is 0.898. The summed E-state index contributed by atoms with van der Waals surface area (Å²) in [5.74, 6) is 0. The van der Waals surface area contributed by atoms with Crippen molar-refractivity contribution in [1.82, 2.24) is 4.72 Å². The van der Waals surface area contributed by atoms with Gasteiger partial charge in [-0.1, -0.05) is 0 Å². The van der Waals surface area contributed by atoms with E-state index < -0.39 is 17.8 Å². The molecular weight excluding hydrogens is 267 g/mol. The van der Waals surface area contributed by atoms with Gasteiger partial charge in [-0.05, 0) is 50.1 Å². The monoisotopic (exact) mass is 279 g/mol. The quantitative estimate of drug-likeness (QED) is 0.854. The Balaban J connectivity index is 2.52. The van der Waals surface area contributed by atoms with Crippen molar-refractivity contribution >= 4 is 18.0 Å². The van der Waals surface area contributed by atoms with Gasteiger partial charge >= 0.3 is 12.3 Å². The number of carbonyl (C=O) groups excluding carboxylic acids is 1. The minimum Gasteiger partial charge on any atom is -0.446 e. The molecule has 3 nitrogen and oxygen atoms in total. The van der Waals surface area contributed by atoms with E-state index in [0.29, 0.717) is 4.90 Å². The smallest absolute Gasteiger partial charge is 0.417 e. The number of hydrogen-bond donors (Lipinski definition) is 1. The molecule has 1 amide bonds. The van der Waals surface area contributed by atoms with Crippen LogP contribution in [0.3, 0.4) is 0 Å². The molecule has 18 heavy (non-hydrogen) atoms. The van der Waals surface area contributed by atoms with Gasteiger partial charge in [0.15, 0.2) is 0 Å². The van der Waals surface area contributed by atoms with E-state index in [1.165, 1.54) is 12.1 Å². The van der Waals surface area contributed by atoms with E-state index in [9.17, 15) is 18.0 Å². The first kappa shape index (κ1) is 14.7. The van der Waals surface area contributed by atoms with Crippen LogP contribution in [0.25, 0.3) is 0 Å². The van der Waals surface area contributed by atoms with Crippen LogP contribution in [0.4, 0.5) is 18.0 Å². The van der Waals surface area contributed by atoms with Gasteiger partial charge < -0.3 is 4.74 Å². The molecule has 0 saturated carbocycles. The molecular formula is C11H12F3NO2S. The second kappa shape index (κ2) is 5.99. The molecule has 7 heteroatoms. The molecule has 0 unspecified atom stereocenters. The summed E-state index contributed by atoms with van der Waals surface area (Å²) in [4.78, 5) is 11.6. The largest absolute Gasteiger partial charge is 0.446 e. The second-order valence-corrected chi connectivity index (χ2v) is 4.56. The normalized spacial score (nSPS) is 11.4. The number of amides is 1. The third-order valence-electron chi connectivity index (χ3n) is 1.78. The van der Waals surface area contributed by atoms with Crippen molar-refractivity contribution < 1.29 is 22.7 Å². The van der Waals surface area contributed by atoms with Gasteiger partial charge in [0.25, 0.3) is 0 Å². The summed E-state index contributed by atoms with van der Waals surface area (Å²) in [6.45, 7) is 3.39. The molecule has 0 fully saturated rings. The molecule has 0 spiro atoms. The number of nitrogens with one attached hydrogen (secondary N) is 1. The summed E-state index contributed by atoms with van der Waals surface area (Å²) in [5.41, 5.74) is -0.725. The van der Waals surface area contributed by atoms with Crippen LogP contribution in [0.15, 0.2) is 29.2 Å². The van der Waals surface area contributed by atoms with Gasteiger partial charge in [0.05, 0.1) is 11.7 Å². The zero-order chi connectivity index (χ0) is 13.8. The van der Waals surface area contributed by atoms with Crippen LogP contribution in [0.5, 0.6) is 0 Å². The number of ether oxygens (including phenoxy) is 1. The molecule has 0 aromatic heterocycles. The fraction of sp³-hybridized carbons (Fsp3) is 0.364. The Hall–Kier alpha value is -1.37. The number of halogens is 3. The Morgan fingerprint density at radius 3 is 2.28 bits per heavy atom. The van der Waals surface area contributed by atoms with Gasteiger partial charge in [0, 0.05) is 4.90 Å². The first-order chi connectivity index (χ1) is 8.29. The molecule has 1 rings (SSSR count). The third-order valence-corrected chi connectivity index (χ3v) is 2.55. The van der Waals surface area contributed by atoms with Crippen molar-refractivity contribution in [2.24, 2.45) is 0 Å². The van der Waals surface area contributed by atoms with Crippen molar-refractivity contribution in [1.29, 1.82) is 0 Å². The van der Waals surface area contributed by atoms with E-state index in [0.717, 1.165) is 24.1 Å². The van der Waals surface area contributed by atoms with Gasteiger partial charge in [-0.25, -0.2) is 4.79 Å². The minimum absolute atomic E-state index is 0.252. The molecule has 100 valence electrons. The minimum atomic E-state index is -4.35. The highest BCUT2D eigenvalue weighted by atomic mass is 32.2. The molecule has 0 bridgehead atoms. The van der Waals surface area contributed by atoms with Crippen LogP contribution in [-0.2, 0) is 10.9 Å². The molecule has 0 radical (unpaired) electrons. The Bertz CT molecular complexity index is 404. The lowest BCUT2D eigenvalue weighted by atomic mass is 10.2. The number of benzene rings is 1. The van der Waals surface area contributed by atoms with Gasteiger partial charge in [-0.3, -0.25) is 4.72 Å². The molecule has 1 aromatic carbocycles. The second-order valence-electron chi connectivity index (χ2n) is 3.68. The summed E-state index contributed by atoms with van der Waals surface area (Å²) in [7, 11) is 0. The van der Waals surface area contributed by atoms with Crippen LogP contribution in [0.2, 0.25) is 0 Å². The first-order valence-electron chi connectivity index (χ1n) is 5.10. The predicted molar refractivity (Wildman–Crippen MR) is 62.1 cm³/mol. The SMILES string of the molecule is CC(C)OC(=O)NSc1ccc(C(F)(F)F)cc1. The van der Waals surface area contributed by atoms with Gasteiger partial charge in [-0.15, -0.1) is 0 Å². The lowest BCUT2D eigenvalue weighted by molar-refractivity contribution is -0.137. The van der Waals surface area contributed by atoms with E-state index in [1.807, 2.05) is 0 Å². The van der Waals surface area contributed by atoms with Crippen molar-refractivity contribution in [3.8, 4) is 0 Å². The van der Waals surface area contributed by atoms with E-state index in [4.69, 9.17) is 4.74 Å². The summed E-state index contributed by atoms with van der Waals surface area (Å²) < 4.78 is 44.0. The first-order valence-corrected chi connectivity index (χ1v) is 5.91. The van der Waals surface area contributed by atoms with Crippen molar-refractivity contribution in [2.45, 2.75) is 31.0 Å². The van der Waals surface area contributed by atoms with Gasteiger partial charge in [-0.2, -0.15) is 13.2 Å². The Morgan fingerprint density at radius 1 is 1.28 bits per heavy atom. The standard InChI is InChI=1S/C11H12F3NO2S/c1-7(2)17-10(16)15-18-9-5-3-8(4-6-9)11(12,13)14/h3-7H,1-2H3,(H,15,16). The fourth-order valence-electron chi connectivity index (χ4n) is 1.05. The highest BCUT2D eigenvalue weighted by Crippen LogP contribution is 2.30. The lowest BCUT2D eigenvalue weighted by Crippen LogP contribution is -2.20. The Labute approximate surface area is 107 Å². The maximum Gasteiger partial charge on any atom is 0.417 e. The summed E-state index contributed by atoms with van der Waals surface area (Å²) in [5, 5.41) is 0. The van der Waals surface area contributed by atoms with E-state index in [2.05, 4.69) is 4.72 Å². The van der Waals surface area contributed by atoms with E-state index in [1.54, 1.807) is 13.8 Å². The van der Waals surface area contributed by atoms with E-state index in [-0.39, 0.29) is 6.10 Å². The molecule has 1 N–H and O–H groups in total. The van der Waals surface area contributed by atoms with E-state index >= 15 is 0 Å². The lowest BCUT2D eigenvalue weighted by Gasteiger charge is -2.09. The Kier molecular flexibility index (Phi) is 4.89. The average molecular weight is 279 g/mol. The molecule has 0 aliphatic rings. The zero-order valence-corrected chi connectivity index (χ0v) is 10.6. The van der Waals surface area contributed by atoms with Crippen molar-refractivity contribution in [3.63, 3.8) is 0 Å². The number of alkyl halides is 3. The van der Waals surface area contributed by atoms with Crippen molar-refractivity contribution in [3.05, 3.63) is 29.8 Å². The number of hydrogen-bond acceptors (Lipinski definition) is 3. The van der Waals surface area contributed by atoms with Crippen molar-refractivity contribution in [2.75, 3.05) is 0 Å². The summed E-state index contributed by atoms with van der Waals surface area (Å²) in [6, 6.07) is 4.47. The molecule has 0 aliphatic heterocycles.